The Morgan fingerprint density at radius 3 is 2.00 bits per heavy atom. The van der Waals surface area contributed by atoms with Gasteiger partial charge in [0.05, 0.1) is 17.5 Å². The fraction of sp³-hybridized carbons (Fsp3) is 0.182. The Morgan fingerprint density at radius 2 is 1.37 bits per heavy atom. The highest BCUT2D eigenvalue weighted by Gasteiger charge is 2.45. The molecule has 0 radical (unpaired) electrons. The van der Waals surface area contributed by atoms with E-state index in [1.54, 1.807) is 29.3 Å². The third-order valence-electron chi connectivity index (χ3n) is 4.86. The summed E-state index contributed by atoms with van der Waals surface area (Å²) in [5.41, 5.74) is 2.02. The summed E-state index contributed by atoms with van der Waals surface area (Å²) in [6.07, 6.45) is 0. The molecule has 0 saturated carbocycles. The molecule has 4 nitrogen and oxygen atoms in total. The predicted molar refractivity (Wildman–Crippen MR) is 105 cm³/mol. The van der Waals surface area contributed by atoms with Crippen molar-refractivity contribution in [1.29, 1.82) is 0 Å². The van der Waals surface area contributed by atoms with E-state index in [1.807, 2.05) is 66.7 Å². The van der Waals surface area contributed by atoms with Crippen LogP contribution in [0.3, 0.4) is 0 Å². The molecular weight excluding hydrogens is 358 g/mol. The maximum Gasteiger partial charge on any atom is 0.185 e. The molecule has 2 atom stereocenters. The molecule has 3 aromatic carbocycles. The van der Waals surface area contributed by atoms with Gasteiger partial charge in [-0.05, 0) is 23.3 Å². The smallest absolute Gasteiger partial charge is 0.185 e. The predicted octanol–water partition coefficient (Wildman–Crippen LogP) is 4.02. The summed E-state index contributed by atoms with van der Waals surface area (Å²) in [5, 5.41) is 1.14. The molecular formula is C22H21NO3S. The highest BCUT2D eigenvalue weighted by Crippen LogP contribution is 2.38. The quantitative estimate of drug-likeness (QED) is 0.672. The molecule has 1 aliphatic rings. The van der Waals surface area contributed by atoms with E-state index in [0.717, 1.165) is 11.1 Å². The molecule has 0 amide bonds. The van der Waals surface area contributed by atoms with Gasteiger partial charge < -0.3 is 0 Å². The van der Waals surface area contributed by atoms with Gasteiger partial charge in [0.2, 0.25) is 0 Å². The number of sulfone groups is 1. The minimum absolute atomic E-state index is 0.142. The van der Waals surface area contributed by atoms with Gasteiger partial charge in [-0.25, -0.2) is 8.42 Å². The third kappa shape index (κ3) is 3.67. The summed E-state index contributed by atoms with van der Waals surface area (Å²) < 4.78 is 26.6. The lowest BCUT2D eigenvalue weighted by Crippen LogP contribution is -2.32. The number of hydrogen-bond donors (Lipinski definition) is 0. The Bertz CT molecular complexity index is 976. The molecule has 0 N–H and O–H groups in total. The van der Waals surface area contributed by atoms with Crippen molar-refractivity contribution in [3.63, 3.8) is 0 Å². The minimum atomic E-state index is -3.53. The van der Waals surface area contributed by atoms with Crippen molar-refractivity contribution in [3.8, 4) is 0 Å². The van der Waals surface area contributed by atoms with Crippen LogP contribution in [-0.2, 0) is 21.2 Å². The molecule has 1 heterocycles. The Hall–Kier alpha value is -2.47. The molecule has 0 aromatic heterocycles. The number of hydrogen-bond acceptors (Lipinski definition) is 4. The van der Waals surface area contributed by atoms with Gasteiger partial charge >= 0.3 is 0 Å². The fourth-order valence-electron chi connectivity index (χ4n) is 3.51. The second-order valence-electron chi connectivity index (χ2n) is 6.61. The van der Waals surface area contributed by atoms with E-state index < -0.39 is 15.1 Å². The maximum atomic E-state index is 13.3. The number of nitrogens with zero attached hydrogens (tertiary/aromatic N) is 1. The van der Waals surface area contributed by atoms with E-state index in [-0.39, 0.29) is 12.6 Å². The average Bonchev–Trinajstić information content (AvgIpc) is 3.14. The van der Waals surface area contributed by atoms with Gasteiger partial charge in [0.15, 0.2) is 9.84 Å². The van der Waals surface area contributed by atoms with Crippen LogP contribution in [0.1, 0.15) is 17.2 Å². The van der Waals surface area contributed by atoms with Crippen molar-refractivity contribution in [2.75, 3.05) is 6.61 Å². The largest absolute Gasteiger partial charge is 0.297 e. The summed E-state index contributed by atoms with van der Waals surface area (Å²) in [6, 6.07) is 27.9. The van der Waals surface area contributed by atoms with Crippen molar-refractivity contribution in [3.05, 3.63) is 102 Å². The van der Waals surface area contributed by atoms with Crippen molar-refractivity contribution in [2.45, 2.75) is 22.7 Å². The summed E-state index contributed by atoms with van der Waals surface area (Å²) in [4.78, 5) is 6.23. The van der Waals surface area contributed by atoms with Crippen molar-refractivity contribution in [1.82, 2.24) is 5.06 Å². The van der Waals surface area contributed by atoms with Crippen LogP contribution in [0.4, 0.5) is 0 Å². The normalized spacial score (nSPS) is 20.6. The lowest BCUT2D eigenvalue weighted by atomic mass is 10.0. The van der Waals surface area contributed by atoms with E-state index in [1.165, 1.54) is 0 Å². The molecule has 0 bridgehead atoms. The minimum Gasteiger partial charge on any atom is -0.297 e. The summed E-state index contributed by atoms with van der Waals surface area (Å²) in [5.74, 6) is 0. The first-order chi connectivity index (χ1) is 13.2. The molecule has 0 aliphatic carbocycles. The topological polar surface area (TPSA) is 46.6 Å². The Morgan fingerprint density at radius 1 is 0.815 bits per heavy atom. The van der Waals surface area contributed by atoms with Gasteiger partial charge in [0.25, 0.3) is 0 Å². The summed E-state index contributed by atoms with van der Waals surface area (Å²) >= 11 is 0. The second kappa shape index (κ2) is 7.64. The van der Waals surface area contributed by atoms with E-state index >= 15 is 0 Å². The first kappa shape index (κ1) is 17.9. The zero-order valence-corrected chi connectivity index (χ0v) is 15.6. The Labute approximate surface area is 159 Å². The molecule has 27 heavy (non-hydrogen) atoms. The van der Waals surface area contributed by atoms with Gasteiger partial charge in [0.1, 0.15) is 5.25 Å². The number of rotatable bonds is 5. The van der Waals surface area contributed by atoms with E-state index in [0.29, 0.717) is 11.4 Å². The van der Waals surface area contributed by atoms with Crippen molar-refractivity contribution in [2.24, 2.45) is 0 Å². The molecule has 0 spiro atoms. The molecule has 1 fully saturated rings. The lowest BCUT2D eigenvalue weighted by molar-refractivity contribution is -0.141. The molecule has 3 aromatic rings. The van der Waals surface area contributed by atoms with E-state index in [4.69, 9.17) is 4.84 Å². The summed E-state index contributed by atoms with van der Waals surface area (Å²) in [6.45, 7) is 0.671. The standard InChI is InChI=1S/C22H21NO3S/c24-27(25,20-14-8-3-9-15-20)21-17-26-23(16-18-10-4-1-5-11-18)22(21)19-12-6-2-7-13-19/h1-15,21-22H,16-17H2/t21-,22-/m0/s1. The highest BCUT2D eigenvalue weighted by molar-refractivity contribution is 7.92. The molecule has 1 aliphatic heterocycles. The van der Waals surface area contributed by atoms with Gasteiger partial charge in [-0.2, -0.15) is 5.06 Å². The first-order valence-corrected chi connectivity index (χ1v) is 10.5. The Kier molecular flexibility index (Phi) is 5.07. The van der Waals surface area contributed by atoms with E-state index in [2.05, 4.69) is 0 Å². The molecule has 4 rings (SSSR count). The van der Waals surface area contributed by atoms with Crippen LogP contribution in [0.15, 0.2) is 95.9 Å². The molecule has 138 valence electrons. The van der Waals surface area contributed by atoms with Crippen LogP contribution in [0, 0.1) is 0 Å². The third-order valence-corrected chi connectivity index (χ3v) is 6.98. The van der Waals surface area contributed by atoms with Crippen LogP contribution >= 0.6 is 0 Å². The maximum absolute atomic E-state index is 13.3. The fourth-order valence-corrected chi connectivity index (χ4v) is 5.27. The van der Waals surface area contributed by atoms with Crippen LogP contribution in [0.2, 0.25) is 0 Å². The zero-order chi connectivity index (χ0) is 18.7. The molecule has 5 heteroatoms. The highest BCUT2D eigenvalue weighted by atomic mass is 32.2. The van der Waals surface area contributed by atoms with Crippen molar-refractivity contribution >= 4 is 9.84 Å². The van der Waals surface area contributed by atoms with Crippen LogP contribution in [0.5, 0.6) is 0 Å². The van der Waals surface area contributed by atoms with Gasteiger partial charge in [-0.15, -0.1) is 0 Å². The first-order valence-electron chi connectivity index (χ1n) is 8.93. The van der Waals surface area contributed by atoms with Crippen molar-refractivity contribution < 1.29 is 13.3 Å². The second-order valence-corrected chi connectivity index (χ2v) is 8.78. The average molecular weight is 379 g/mol. The number of benzene rings is 3. The molecule has 1 saturated heterocycles. The number of hydroxylamine groups is 2. The summed E-state index contributed by atoms with van der Waals surface area (Å²) in [7, 11) is -3.53. The molecule has 0 unspecified atom stereocenters. The monoisotopic (exact) mass is 379 g/mol. The van der Waals surface area contributed by atoms with Crippen LogP contribution in [0.25, 0.3) is 0 Å². The SMILES string of the molecule is O=S(=O)(c1ccccc1)[C@H]1CON(Cc2ccccc2)[C@H]1c1ccccc1. The van der Waals surface area contributed by atoms with E-state index in [9.17, 15) is 8.42 Å². The van der Waals surface area contributed by atoms with Gasteiger partial charge in [0, 0.05) is 6.54 Å². The zero-order valence-electron chi connectivity index (χ0n) is 14.8. The van der Waals surface area contributed by atoms with Gasteiger partial charge in [-0.1, -0.05) is 78.9 Å². The lowest BCUT2D eigenvalue weighted by Gasteiger charge is -2.26. The van der Waals surface area contributed by atoms with Crippen LogP contribution < -0.4 is 0 Å². The van der Waals surface area contributed by atoms with Crippen LogP contribution in [-0.4, -0.2) is 25.3 Å². The van der Waals surface area contributed by atoms with Gasteiger partial charge in [-0.3, -0.25) is 4.84 Å². The Balaban J connectivity index is 1.71.